The summed E-state index contributed by atoms with van der Waals surface area (Å²) in [5, 5.41) is 0. The second kappa shape index (κ2) is 13.3. The van der Waals surface area contributed by atoms with Gasteiger partial charge in [0.2, 0.25) is 11.8 Å². The zero-order valence-corrected chi connectivity index (χ0v) is 30.2. The first-order valence-electron chi connectivity index (χ1n) is 17.4. The molecular weight excluding hydrogens is 651 g/mol. The summed E-state index contributed by atoms with van der Waals surface area (Å²) in [5.41, 5.74) is 4.28. The van der Waals surface area contributed by atoms with Crippen molar-refractivity contribution in [2.75, 3.05) is 22.8 Å². The van der Waals surface area contributed by atoms with E-state index in [2.05, 4.69) is 45.3 Å². The number of hydrogen-bond acceptors (Lipinski definition) is 9. The highest BCUT2D eigenvalue weighted by Gasteiger charge is 2.41. The van der Waals surface area contributed by atoms with E-state index in [1.807, 2.05) is 38.2 Å². The summed E-state index contributed by atoms with van der Waals surface area (Å²) in [6, 6.07) is 13.9. The Morgan fingerprint density at radius 3 is 2.46 bits per heavy atom. The standard InChI is InChI=1S/C38H45N7O4S/c1-24-8-6-9-25(2)35(24)31-19-34-42-37(41-31)43-50(47,48)30-11-7-10-27(18-30)36(46)45(29(23-49-34)14-16-38(3,4)5)22-28-20-39-21-33(40-28)44-17-15-26-12-13-32(26)44/h6-11,18-21,26,29,32H,12-17,22-23H2,1-5H3,(H,41,42,43)/t26-,29+,32-/m0/s1. The first-order chi connectivity index (χ1) is 23.8. The maximum Gasteiger partial charge on any atom is 0.264 e. The van der Waals surface area contributed by atoms with Gasteiger partial charge >= 0.3 is 0 Å². The van der Waals surface area contributed by atoms with Crippen LogP contribution in [0.5, 0.6) is 5.88 Å². The monoisotopic (exact) mass is 695 g/mol. The molecule has 1 amide bonds. The fraction of sp³-hybridized carbons (Fsp3) is 0.447. The number of carbonyl (C=O) groups is 1. The van der Waals surface area contributed by atoms with E-state index in [1.54, 1.807) is 29.3 Å². The Bertz CT molecular complexity index is 2010. The molecule has 12 heteroatoms. The molecule has 50 heavy (non-hydrogen) atoms. The predicted molar refractivity (Wildman–Crippen MR) is 193 cm³/mol. The summed E-state index contributed by atoms with van der Waals surface area (Å²) in [7, 11) is -4.17. The van der Waals surface area contributed by atoms with Gasteiger partial charge in [0, 0.05) is 29.8 Å². The van der Waals surface area contributed by atoms with Crippen molar-refractivity contribution in [3.8, 4) is 17.1 Å². The first-order valence-corrected chi connectivity index (χ1v) is 18.9. The SMILES string of the molecule is Cc1cccc(C)c1-c1cc2nc(n1)NS(=O)(=O)c1cccc(c1)C(=O)N(Cc1cncc(N3CC[C@@H]4CC[C@@H]43)n1)[C@H](CCC(C)(C)C)CO2. The normalized spacial score (nSPS) is 21.5. The van der Waals surface area contributed by atoms with E-state index >= 15 is 0 Å². The molecule has 1 saturated carbocycles. The van der Waals surface area contributed by atoms with E-state index in [0.29, 0.717) is 23.9 Å². The van der Waals surface area contributed by atoms with Crippen LogP contribution in [0, 0.1) is 25.2 Å². The molecule has 3 atom stereocenters. The van der Waals surface area contributed by atoms with E-state index < -0.39 is 16.1 Å². The first kappa shape index (κ1) is 33.9. The minimum atomic E-state index is -4.17. The van der Waals surface area contributed by atoms with Gasteiger partial charge in [0.1, 0.15) is 12.4 Å². The van der Waals surface area contributed by atoms with Crippen LogP contribution in [0.15, 0.2) is 65.8 Å². The van der Waals surface area contributed by atoms with Gasteiger partial charge in [-0.1, -0.05) is 45.0 Å². The number of nitrogens with one attached hydrogen (secondary N) is 1. The second-order valence-electron chi connectivity index (χ2n) is 15.1. The van der Waals surface area contributed by atoms with Crippen LogP contribution in [0.4, 0.5) is 11.8 Å². The largest absolute Gasteiger partial charge is 0.475 e. The lowest BCUT2D eigenvalue weighted by Gasteiger charge is -2.37. The number of fused-ring (bicyclic) bond motifs is 5. The number of anilines is 2. The Morgan fingerprint density at radius 2 is 1.74 bits per heavy atom. The lowest BCUT2D eigenvalue weighted by Crippen LogP contribution is -2.44. The molecule has 4 heterocycles. The molecule has 4 aromatic rings. The molecule has 7 rings (SSSR count). The predicted octanol–water partition coefficient (Wildman–Crippen LogP) is 6.57. The minimum absolute atomic E-state index is 0.0137. The quantitative estimate of drug-likeness (QED) is 0.238. The second-order valence-corrected chi connectivity index (χ2v) is 16.8. The minimum Gasteiger partial charge on any atom is -0.475 e. The van der Waals surface area contributed by atoms with Crippen molar-refractivity contribution in [1.29, 1.82) is 0 Å². The topological polar surface area (TPSA) is 131 Å². The molecule has 3 aliphatic rings. The molecule has 2 aliphatic heterocycles. The third-order valence-corrected chi connectivity index (χ3v) is 11.6. The third kappa shape index (κ3) is 7.03. The van der Waals surface area contributed by atoms with Crippen molar-refractivity contribution in [3.63, 3.8) is 0 Å². The van der Waals surface area contributed by atoms with Crippen molar-refractivity contribution in [3.05, 3.63) is 83.3 Å². The maximum atomic E-state index is 14.6. The van der Waals surface area contributed by atoms with E-state index in [9.17, 15) is 13.2 Å². The number of aromatic nitrogens is 4. The van der Waals surface area contributed by atoms with E-state index in [0.717, 1.165) is 54.2 Å². The van der Waals surface area contributed by atoms with Crippen molar-refractivity contribution >= 4 is 27.7 Å². The Labute approximate surface area is 294 Å². The summed E-state index contributed by atoms with van der Waals surface area (Å²) >= 11 is 0. The molecule has 4 bridgehead atoms. The van der Waals surface area contributed by atoms with Crippen LogP contribution in [0.3, 0.4) is 0 Å². The van der Waals surface area contributed by atoms with Crippen molar-refractivity contribution < 1.29 is 17.9 Å². The number of sulfonamides is 1. The van der Waals surface area contributed by atoms with E-state index in [1.165, 1.54) is 18.6 Å². The molecule has 11 nitrogen and oxygen atoms in total. The molecular formula is C38H45N7O4S. The van der Waals surface area contributed by atoms with Gasteiger partial charge in [-0.15, -0.1) is 0 Å². The number of rotatable bonds is 6. The molecule has 0 radical (unpaired) electrons. The van der Waals surface area contributed by atoms with Crippen LogP contribution in [-0.4, -0.2) is 64.4 Å². The summed E-state index contributed by atoms with van der Waals surface area (Å²) in [4.78, 5) is 37.4. The summed E-state index contributed by atoms with van der Waals surface area (Å²) in [6.07, 6.45) is 8.56. The van der Waals surface area contributed by atoms with Crippen LogP contribution in [0.2, 0.25) is 0 Å². The highest BCUT2D eigenvalue weighted by atomic mass is 32.2. The molecule has 1 aliphatic carbocycles. The number of hydrogen-bond donors (Lipinski definition) is 1. The Balaban J connectivity index is 1.31. The van der Waals surface area contributed by atoms with Crippen molar-refractivity contribution in [2.45, 2.75) is 90.2 Å². The van der Waals surface area contributed by atoms with Gasteiger partial charge in [-0.3, -0.25) is 9.78 Å². The highest BCUT2D eigenvalue weighted by molar-refractivity contribution is 7.92. The molecule has 1 N–H and O–H groups in total. The van der Waals surface area contributed by atoms with E-state index in [4.69, 9.17) is 9.72 Å². The maximum absolute atomic E-state index is 14.6. The zero-order valence-electron chi connectivity index (χ0n) is 29.4. The van der Waals surface area contributed by atoms with Crippen molar-refractivity contribution in [1.82, 2.24) is 24.8 Å². The van der Waals surface area contributed by atoms with Crippen LogP contribution in [-0.2, 0) is 16.6 Å². The molecule has 2 aromatic heterocycles. The van der Waals surface area contributed by atoms with Gasteiger partial charge in [0.15, 0.2) is 0 Å². The lowest BCUT2D eigenvalue weighted by atomic mass is 9.80. The van der Waals surface area contributed by atoms with Gasteiger partial charge in [-0.25, -0.2) is 23.1 Å². The molecule has 262 valence electrons. The summed E-state index contributed by atoms with van der Waals surface area (Å²) < 4.78 is 36.5. The van der Waals surface area contributed by atoms with E-state index in [-0.39, 0.29) is 46.8 Å². The fourth-order valence-corrected chi connectivity index (χ4v) is 8.34. The number of nitrogens with zero attached hydrogens (tertiary/aromatic N) is 6. The van der Waals surface area contributed by atoms with Crippen LogP contribution in [0.1, 0.15) is 80.1 Å². The molecule has 2 fully saturated rings. The number of ether oxygens (including phenoxy) is 1. The average molecular weight is 696 g/mol. The molecule has 2 aromatic carbocycles. The number of carbonyl (C=O) groups excluding carboxylic acids is 1. The Morgan fingerprint density at radius 1 is 0.960 bits per heavy atom. The number of benzene rings is 2. The third-order valence-electron chi connectivity index (χ3n) is 10.2. The smallest absolute Gasteiger partial charge is 0.264 e. The summed E-state index contributed by atoms with van der Waals surface area (Å²) in [6.45, 7) is 11.8. The van der Waals surface area contributed by atoms with Gasteiger partial charge in [-0.05, 0) is 86.6 Å². The molecule has 0 unspecified atom stereocenters. The van der Waals surface area contributed by atoms with Gasteiger partial charge in [0.05, 0.1) is 41.3 Å². The Kier molecular flexibility index (Phi) is 9.00. The van der Waals surface area contributed by atoms with Gasteiger partial charge < -0.3 is 14.5 Å². The van der Waals surface area contributed by atoms with Gasteiger partial charge in [-0.2, -0.15) is 4.98 Å². The summed E-state index contributed by atoms with van der Waals surface area (Å²) in [5.74, 6) is 1.34. The molecule has 0 spiro atoms. The van der Waals surface area contributed by atoms with Crippen LogP contribution >= 0.6 is 0 Å². The average Bonchev–Trinajstić information content (AvgIpc) is 3.35. The van der Waals surface area contributed by atoms with Crippen molar-refractivity contribution in [2.24, 2.45) is 11.3 Å². The van der Waals surface area contributed by atoms with Crippen LogP contribution < -0.4 is 14.4 Å². The number of aryl methyl sites for hydroxylation is 2. The fourth-order valence-electron chi connectivity index (χ4n) is 7.35. The van der Waals surface area contributed by atoms with Crippen LogP contribution in [0.25, 0.3) is 11.3 Å². The highest BCUT2D eigenvalue weighted by Crippen LogP contribution is 2.42. The number of amides is 1. The van der Waals surface area contributed by atoms with Gasteiger partial charge in [0.25, 0.3) is 15.9 Å². The molecule has 1 saturated heterocycles. The zero-order chi connectivity index (χ0) is 35.2. The Hall–Kier alpha value is -4.58. The lowest BCUT2D eigenvalue weighted by molar-refractivity contribution is 0.0549.